The van der Waals surface area contributed by atoms with Crippen molar-refractivity contribution in [3.05, 3.63) is 19.2 Å². The van der Waals surface area contributed by atoms with Crippen LogP contribution in [0.15, 0.2) is 14.3 Å². The lowest BCUT2D eigenvalue weighted by Crippen LogP contribution is -2.40. The number of likely N-dealkylation sites (tertiary alicyclic amines) is 1. The summed E-state index contributed by atoms with van der Waals surface area (Å²) in [4.78, 5) is 25.4. The SMILES string of the molecule is COC1CC(C(=O)O)N(C(=O)c2cc(Br)c(Br)s2)C1. The number of carbonyl (C=O) groups excluding carboxylic acids is 1. The van der Waals surface area contributed by atoms with Gasteiger partial charge in [-0.15, -0.1) is 11.3 Å². The number of methoxy groups -OCH3 is 1. The van der Waals surface area contributed by atoms with Gasteiger partial charge in [-0.25, -0.2) is 4.79 Å². The van der Waals surface area contributed by atoms with Crippen molar-refractivity contribution in [2.24, 2.45) is 0 Å². The first-order chi connectivity index (χ1) is 8.93. The fraction of sp³-hybridized carbons (Fsp3) is 0.455. The summed E-state index contributed by atoms with van der Waals surface area (Å²) in [6.45, 7) is 0.305. The van der Waals surface area contributed by atoms with E-state index in [2.05, 4.69) is 31.9 Å². The molecule has 2 atom stereocenters. The van der Waals surface area contributed by atoms with E-state index in [1.165, 1.54) is 23.3 Å². The Labute approximate surface area is 130 Å². The maximum absolute atomic E-state index is 12.4. The Morgan fingerprint density at radius 2 is 2.21 bits per heavy atom. The van der Waals surface area contributed by atoms with Gasteiger partial charge in [0.1, 0.15) is 6.04 Å². The number of rotatable bonds is 3. The van der Waals surface area contributed by atoms with Crippen LogP contribution in [0.3, 0.4) is 0 Å². The van der Waals surface area contributed by atoms with Crippen LogP contribution in [0.5, 0.6) is 0 Å². The second-order valence-corrected chi connectivity index (χ2v) is 7.36. The smallest absolute Gasteiger partial charge is 0.326 e. The molecule has 1 aromatic rings. The molecule has 2 heterocycles. The zero-order valence-corrected chi connectivity index (χ0v) is 13.9. The predicted octanol–water partition coefficient (Wildman–Crippen LogP) is 2.59. The number of thiophene rings is 1. The van der Waals surface area contributed by atoms with Crippen LogP contribution in [0, 0.1) is 0 Å². The number of nitrogens with zero attached hydrogens (tertiary/aromatic N) is 1. The molecule has 1 N–H and O–H groups in total. The Morgan fingerprint density at radius 3 is 2.68 bits per heavy atom. The largest absolute Gasteiger partial charge is 0.480 e. The Kier molecular flexibility index (Phi) is 4.65. The molecule has 0 aromatic carbocycles. The summed E-state index contributed by atoms with van der Waals surface area (Å²) in [5.41, 5.74) is 0. The third-order valence-electron chi connectivity index (χ3n) is 3.00. The van der Waals surface area contributed by atoms with Gasteiger partial charge in [-0.2, -0.15) is 0 Å². The second-order valence-electron chi connectivity index (χ2n) is 4.14. The van der Waals surface area contributed by atoms with Crippen LogP contribution >= 0.6 is 43.2 Å². The minimum absolute atomic E-state index is 0.225. The third-order valence-corrected chi connectivity index (χ3v) is 6.24. The summed E-state index contributed by atoms with van der Waals surface area (Å²) in [5.74, 6) is -1.27. The minimum Gasteiger partial charge on any atom is -0.480 e. The average molecular weight is 413 g/mol. The molecule has 8 heteroatoms. The van der Waals surface area contributed by atoms with E-state index in [0.717, 1.165) is 8.26 Å². The Balaban J connectivity index is 2.23. The van der Waals surface area contributed by atoms with Crippen molar-refractivity contribution in [1.82, 2.24) is 4.90 Å². The highest BCUT2D eigenvalue weighted by Crippen LogP contribution is 2.34. The van der Waals surface area contributed by atoms with Gasteiger partial charge in [0.2, 0.25) is 0 Å². The fourth-order valence-electron chi connectivity index (χ4n) is 2.02. The molecule has 1 fully saturated rings. The predicted molar refractivity (Wildman–Crippen MR) is 77.6 cm³/mol. The van der Waals surface area contributed by atoms with E-state index >= 15 is 0 Å². The van der Waals surface area contributed by atoms with E-state index in [4.69, 9.17) is 4.74 Å². The summed E-state index contributed by atoms with van der Waals surface area (Å²) in [6, 6.07) is 0.868. The number of amides is 1. The van der Waals surface area contributed by atoms with Crippen LogP contribution in [0.25, 0.3) is 0 Å². The van der Waals surface area contributed by atoms with Gasteiger partial charge in [-0.3, -0.25) is 4.79 Å². The molecule has 1 saturated heterocycles. The number of halogens is 2. The van der Waals surface area contributed by atoms with Crippen molar-refractivity contribution < 1.29 is 19.4 Å². The first-order valence-corrected chi connectivity index (χ1v) is 7.85. The molecular formula is C11H11Br2NO4S. The molecule has 2 rings (SSSR count). The van der Waals surface area contributed by atoms with E-state index in [1.807, 2.05) is 0 Å². The molecule has 1 aliphatic rings. The molecule has 0 saturated carbocycles. The molecule has 0 aliphatic carbocycles. The monoisotopic (exact) mass is 411 g/mol. The van der Waals surface area contributed by atoms with E-state index in [9.17, 15) is 14.7 Å². The minimum atomic E-state index is -0.998. The van der Waals surface area contributed by atoms with Crippen LogP contribution in [0.1, 0.15) is 16.1 Å². The van der Waals surface area contributed by atoms with Crippen molar-refractivity contribution in [3.8, 4) is 0 Å². The van der Waals surface area contributed by atoms with E-state index < -0.39 is 12.0 Å². The van der Waals surface area contributed by atoms with Gasteiger partial charge in [0.25, 0.3) is 5.91 Å². The van der Waals surface area contributed by atoms with Gasteiger partial charge in [-0.05, 0) is 37.9 Å². The highest BCUT2D eigenvalue weighted by atomic mass is 79.9. The quantitative estimate of drug-likeness (QED) is 0.828. The molecule has 0 spiro atoms. The number of aliphatic carboxylic acids is 1. The number of carboxylic acids is 1. The summed E-state index contributed by atoms with van der Waals surface area (Å²) in [7, 11) is 1.52. The Hall–Kier alpha value is -0.440. The zero-order chi connectivity index (χ0) is 14.2. The maximum Gasteiger partial charge on any atom is 0.326 e. The fourth-order valence-corrected chi connectivity index (χ4v) is 4.01. The summed E-state index contributed by atoms with van der Waals surface area (Å²) in [5, 5.41) is 9.19. The molecule has 0 radical (unpaired) electrons. The number of carbonyl (C=O) groups is 2. The molecule has 104 valence electrons. The summed E-state index contributed by atoms with van der Waals surface area (Å²) in [6.07, 6.45) is 0.0996. The van der Waals surface area contributed by atoms with Crippen molar-refractivity contribution in [2.45, 2.75) is 18.6 Å². The van der Waals surface area contributed by atoms with Crippen molar-refractivity contribution in [1.29, 1.82) is 0 Å². The molecule has 19 heavy (non-hydrogen) atoms. The lowest BCUT2D eigenvalue weighted by Gasteiger charge is -2.20. The van der Waals surface area contributed by atoms with Gasteiger partial charge in [-0.1, -0.05) is 0 Å². The summed E-state index contributed by atoms with van der Waals surface area (Å²) >= 11 is 7.91. The normalized spacial score (nSPS) is 22.8. The number of ether oxygens (including phenoxy) is 1. The van der Waals surface area contributed by atoms with E-state index in [0.29, 0.717) is 17.8 Å². The zero-order valence-electron chi connectivity index (χ0n) is 9.93. The molecular weight excluding hydrogens is 402 g/mol. The molecule has 1 amide bonds. The first-order valence-electron chi connectivity index (χ1n) is 5.45. The molecule has 5 nitrogen and oxygen atoms in total. The number of hydrogen-bond acceptors (Lipinski definition) is 4. The van der Waals surface area contributed by atoms with Gasteiger partial charge in [0.15, 0.2) is 0 Å². The molecule has 2 unspecified atom stereocenters. The molecule has 1 aliphatic heterocycles. The van der Waals surface area contributed by atoms with E-state index in [1.54, 1.807) is 6.07 Å². The van der Waals surface area contributed by atoms with Gasteiger partial charge < -0.3 is 14.7 Å². The van der Waals surface area contributed by atoms with Crippen molar-refractivity contribution >= 4 is 55.1 Å². The average Bonchev–Trinajstić information content (AvgIpc) is 2.93. The van der Waals surface area contributed by atoms with Crippen LogP contribution in [-0.2, 0) is 9.53 Å². The molecule has 1 aromatic heterocycles. The summed E-state index contributed by atoms with van der Waals surface area (Å²) < 4.78 is 6.76. The Bertz CT molecular complexity index is 499. The maximum atomic E-state index is 12.4. The molecule has 0 bridgehead atoms. The van der Waals surface area contributed by atoms with Crippen molar-refractivity contribution in [3.63, 3.8) is 0 Å². The highest BCUT2D eigenvalue weighted by Gasteiger charge is 2.40. The lowest BCUT2D eigenvalue weighted by molar-refractivity contribution is -0.141. The van der Waals surface area contributed by atoms with Crippen LogP contribution in [0.2, 0.25) is 0 Å². The number of carboxylic acid groups (broad SMARTS) is 1. The Morgan fingerprint density at radius 1 is 1.53 bits per heavy atom. The standard InChI is InChI=1S/C11H11Br2NO4S/c1-18-5-2-7(11(16)17)14(4-5)10(15)8-3-6(12)9(13)19-8/h3,5,7H,2,4H2,1H3,(H,16,17). The van der Waals surface area contributed by atoms with Crippen LogP contribution < -0.4 is 0 Å². The van der Waals surface area contributed by atoms with Crippen LogP contribution in [-0.4, -0.2) is 47.7 Å². The van der Waals surface area contributed by atoms with Gasteiger partial charge >= 0.3 is 5.97 Å². The second kappa shape index (κ2) is 5.90. The number of hydrogen-bond donors (Lipinski definition) is 1. The topological polar surface area (TPSA) is 66.8 Å². The van der Waals surface area contributed by atoms with E-state index in [-0.39, 0.29) is 12.0 Å². The van der Waals surface area contributed by atoms with Crippen LogP contribution in [0.4, 0.5) is 0 Å². The van der Waals surface area contributed by atoms with Gasteiger partial charge in [0, 0.05) is 24.5 Å². The highest BCUT2D eigenvalue weighted by molar-refractivity contribution is 9.13. The first kappa shape index (κ1) is 15.0. The third kappa shape index (κ3) is 3.01. The van der Waals surface area contributed by atoms with Crippen molar-refractivity contribution in [2.75, 3.05) is 13.7 Å². The lowest BCUT2D eigenvalue weighted by atomic mass is 10.2. The van der Waals surface area contributed by atoms with Gasteiger partial charge in [0.05, 0.1) is 14.8 Å².